The number of nitrogens with one attached hydrogen (secondary N) is 1. The molecule has 1 rings (SSSR count). The molecule has 0 aliphatic rings. The molecule has 17 heavy (non-hydrogen) atoms. The maximum atomic E-state index is 11.4. The molecule has 0 unspecified atom stereocenters. The van der Waals surface area contributed by atoms with Crippen LogP contribution in [0, 0.1) is 0 Å². The Hall–Kier alpha value is -1.000. The Bertz CT molecular complexity index is 416. The van der Waals surface area contributed by atoms with E-state index < -0.39 is 11.7 Å². The summed E-state index contributed by atoms with van der Waals surface area (Å²) in [6.07, 6.45) is 1.02. The van der Waals surface area contributed by atoms with Crippen LogP contribution in [0.1, 0.15) is 26.3 Å². The molecule has 0 aliphatic carbocycles. The molecule has 0 bridgehead atoms. The van der Waals surface area contributed by atoms with Gasteiger partial charge in [0.1, 0.15) is 10.8 Å². The Morgan fingerprint density at radius 1 is 1.47 bits per heavy atom. The molecule has 0 saturated carbocycles. The van der Waals surface area contributed by atoms with Crippen molar-refractivity contribution >= 4 is 29.3 Å². The molecule has 1 aromatic rings. The van der Waals surface area contributed by atoms with Crippen molar-refractivity contribution in [2.45, 2.75) is 32.9 Å². The average molecular weight is 277 g/mol. The van der Waals surface area contributed by atoms with Gasteiger partial charge in [0.25, 0.3) is 0 Å². The summed E-state index contributed by atoms with van der Waals surface area (Å²) in [7, 11) is 0. The Labute approximate surface area is 110 Å². The smallest absolute Gasteiger partial charge is 0.407 e. The summed E-state index contributed by atoms with van der Waals surface area (Å²) in [5.74, 6) is 0. The monoisotopic (exact) mass is 276 g/mol. The predicted octanol–water partition coefficient (Wildman–Crippen LogP) is 3.41. The highest BCUT2D eigenvalue weighted by Crippen LogP contribution is 2.18. The van der Waals surface area contributed by atoms with Gasteiger partial charge in [-0.2, -0.15) is 0 Å². The summed E-state index contributed by atoms with van der Waals surface area (Å²) in [6.45, 7) is 5.63. The topological polar surface area (TPSA) is 51.2 Å². The van der Waals surface area contributed by atoms with E-state index in [0.717, 1.165) is 0 Å². The molecule has 1 N–H and O–H groups in total. The third kappa shape index (κ3) is 5.24. The molecule has 6 heteroatoms. The van der Waals surface area contributed by atoms with Crippen molar-refractivity contribution < 1.29 is 9.53 Å². The van der Waals surface area contributed by atoms with E-state index >= 15 is 0 Å². The number of pyridine rings is 1. The molecule has 0 saturated heterocycles. The molecule has 1 amide bonds. The van der Waals surface area contributed by atoms with E-state index in [1.165, 1.54) is 12.3 Å². The number of nitrogens with zero attached hydrogens (tertiary/aromatic N) is 1. The number of aromatic nitrogens is 1. The molecule has 1 aromatic heterocycles. The van der Waals surface area contributed by atoms with E-state index in [1.54, 1.807) is 20.8 Å². The fraction of sp³-hybridized carbons (Fsp3) is 0.455. The predicted molar refractivity (Wildman–Crippen MR) is 67.3 cm³/mol. The number of rotatable bonds is 2. The summed E-state index contributed by atoms with van der Waals surface area (Å²) in [5.41, 5.74) is 0.161. The highest BCUT2D eigenvalue weighted by Gasteiger charge is 2.16. The van der Waals surface area contributed by atoms with E-state index in [4.69, 9.17) is 27.9 Å². The summed E-state index contributed by atoms with van der Waals surface area (Å²) < 4.78 is 5.08. The van der Waals surface area contributed by atoms with Crippen LogP contribution in [0.5, 0.6) is 0 Å². The standard InChI is InChI=1S/C11H14Cl2N2O2/c1-11(2,3)17-10(16)15-6-7-5-14-9(13)4-8(7)12/h4-5H,6H2,1-3H3,(H,15,16). The van der Waals surface area contributed by atoms with E-state index in [1.807, 2.05) is 0 Å². The molecule has 4 nitrogen and oxygen atoms in total. The molecular weight excluding hydrogens is 263 g/mol. The Kier molecular flexibility index (Phi) is 4.60. The normalized spacial score (nSPS) is 11.1. The number of amides is 1. The number of carbonyl (C=O) groups excluding carboxylic acids is 1. The second-order valence-corrected chi connectivity index (χ2v) is 5.25. The first-order valence-electron chi connectivity index (χ1n) is 5.05. The first-order valence-corrected chi connectivity index (χ1v) is 5.80. The number of ether oxygens (including phenoxy) is 1. The molecule has 94 valence electrons. The van der Waals surface area contributed by atoms with Crippen molar-refractivity contribution in [1.82, 2.24) is 10.3 Å². The third-order valence-electron chi connectivity index (χ3n) is 1.72. The average Bonchev–Trinajstić information content (AvgIpc) is 2.13. The quantitative estimate of drug-likeness (QED) is 0.843. The minimum Gasteiger partial charge on any atom is -0.444 e. The van der Waals surface area contributed by atoms with Gasteiger partial charge in [0.15, 0.2) is 0 Å². The summed E-state index contributed by atoms with van der Waals surface area (Å²) in [4.78, 5) is 15.3. The van der Waals surface area contributed by atoms with Gasteiger partial charge < -0.3 is 10.1 Å². The van der Waals surface area contributed by atoms with Gasteiger partial charge in [0, 0.05) is 18.3 Å². The number of carbonyl (C=O) groups is 1. The Balaban J connectivity index is 2.53. The minimum absolute atomic E-state index is 0.248. The van der Waals surface area contributed by atoms with E-state index in [9.17, 15) is 4.79 Å². The van der Waals surface area contributed by atoms with Gasteiger partial charge in [-0.3, -0.25) is 0 Å². The maximum Gasteiger partial charge on any atom is 0.407 e. The van der Waals surface area contributed by atoms with Crippen LogP contribution in [0.25, 0.3) is 0 Å². The lowest BCUT2D eigenvalue weighted by molar-refractivity contribution is 0.0523. The lowest BCUT2D eigenvalue weighted by Gasteiger charge is -2.19. The molecule has 1 heterocycles. The fourth-order valence-corrected chi connectivity index (χ4v) is 1.48. The fourth-order valence-electron chi connectivity index (χ4n) is 1.05. The molecule has 0 spiro atoms. The number of halogens is 2. The summed E-state index contributed by atoms with van der Waals surface area (Å²) in [6, 6.07) is 1.52. The van der Waals surface area contributed by atoms with Crippen LogP contribution >= 0.6 is 23.2 Å². The highest BCUT2D eigenvalue weighted by atomic mass is 35.5. The molecular formula is C11H14Cl2N2O2. The zero-order valence-electron chi connectivity index (χ0n) is 9.88. The third-order valence-corrected chi connectivity index (χ3v) is 2.28. The van der Waals surface area contributed by atoms with Crippen LogP contribution in [0.3, 0.4) is 0 Å². The molecule has 0 aliphatic heterocycles. The number of hydrogen-bond donors (Lipinski definition) is 1. The van der Waals surface area contributed by atoms with Crippen LogP contribution in [0.4, 0.5) is 4.79 Å². The number of alkyl carbamates (subject to hydrolysis) is 1. The summed E-state index contributed by atoms with van der Waals surface area (Å²) in [5, 5.41) is 3.36. The van der Waals surface area contributed by atoms with Gasteiger partial charge in [-0.05, 0) is 26.8 Å². The zero-order chi connectivity index (χ0) is 13.1. The SMILES string of the molecule is CC(C)(C)OC(=O)NCc1cnc(Cl)cc1Cl. The Morgan fingerprint density at radius 2 is 2.12 bits per heavy atom. The van der Waals surface area contributed by atoms with Crippen LogP contribution in [0.15, 0.2) is 12.3 Å². The van der Waals surface area contributed by atoms with Crippen molar-refractivity contribution in [2.24, 2.45) is 0 Å². The number of hydrogen-bond acceptors (Lipinski definition) is 3. The van der Waals surface area contributed by atoms with Gasteiger partial charge in [-0.25, -0.2) is 9.78 Å². The largest absolute Gasteiger partial charge is 0.444 e. The Morgan fingerprint density at radius 3 is 2.65 bits per heavy atom. The van der Waals surface area contributed by atoms with Crippen LogP contribution < -0.4 is 5.32 Å². The van der Waals surface area contributed by atoms with Crippen molar-refractivity contribution in [3.63, 3.8) is 0 Å². The zero-order valence-corrected chi connectivity index (χ0v) is 11.4. The van der Waals surface area contributed by atoms with E-state index in [2.05, 4.69) is 10.3 Å². The lowest BCUT2D eigenvalue weighted by atomic mass is 10.2. The van der Waals surface area contributed by atoms with Gasteiger partial charge in [0.05, 0.1) is 5.02 Å². The van der Waals surface area contributed by atoms with Crippen molar-refractivity contribution in [3.05, 3.63) is 28.0 Å². The first-order chi connectivity index (χ1) is 7.78. The second-order valence-electron chi connectivity index (χ2n) is 4.45. The molecule has 0 radical (unpaired) electrons. The van der Waals surface area contributed by atoms with Crippen LogP contribution in [0.2, 0.25) is 10.2 Å². The van der Waals surface area contributed by atoms with Crippen LogP contribution in [-0.4, -0.2) is 16.7 Å². The maximum absolute atomic E-state index is 11.4. The van der Waals surface area contributed by atoms with Gasteiger partial charge in [0.2, 0.25) is 0 Å². The van der Waals surface area contributed by atoms with E-state index in [0.29, 0.717) is 15.7 Å². The first kappa shape index (κ1) is 14.1. The molecule has 0 aromatic carbocycles. The van der Waals surface area contributed by atoms with Gasteiger partial charge in [-0.1, -0.05) is 23.2 Å². The second kappa shape index (κ2) is 5.56. The minimum atomic E-state index is -0.522. The van der Waals surface area contributed by atoms with E-state index in [-0.39, 0.29) is 6.54 Å². The van der Waals surface area contributed by atoms with Gasteiger partial charge in [-0.15, -0.1) is 0 Å². The molecule has 0 fully saturated rings. The van der Waals surface area contributed by atoms with Crippen LogP contribution in [-0.2, 0) is 11.3 Å². The van der Waals surface area contributed by atoms with Crippen molar-refractivity contribution in [1.29, 1.82) is 0 Å². The van der Waals surface area contributed by atoms with Gasteiger partial charge >= 0.3 is 6.09 Å². The van der Waals surface area contributed by atoms with Crippen molar-refractivity contribution in [2.75, 3.05) is 0 Å². The lowest BCUT2D eigenvalue weighted by Crippen LogP contribution is -2.32. The highest BCUT2D eigenvalue weighted by molar-refractivity contribution is 6.34. The summed E-state index contributed by atoms with van der Waals surface area (Å²) >= 11 is 11.6. The molecule has 0 atom stereocenters. The van der Waals surface area contributed by atoms with Crippen molar-refractivity contribution in [3.8, 4) is 0 Å².